The van der Waals surface area contributed by atoms with Crippen molar-refractivity contribution in [3.8, 4) is 0 Å². The third-order valence-electron chi connectivity index (χ3n) is 2.15. The van der Waals surface area contributed by atoms with Crippen molar-refractivity contribution in [3.05, 3.63) is 35.4 Å². The lowest BCUT2D eigenvalue weighted by atomic mass is 10.1. The second-order valence-corrected chi connectivity index (χ2v) is 3.94. The fourth-order valence-electron chi connectivity index (χ4n) is 1.40. The quantitative estimate of drug-likeness (QED) is 0.563. The molecule has 1 N–H and O–H groups in total. The molecule has 0 aliphatic rings. The third kappa shape index (κ3) is 4.64. The van der Waals surface area contributed by atoms with Gasteiger partial charge in [0.05, 0.1) is 0 Å². The first kappa shape index (κ1) is 11.5. The number of benzene rings is 1. The summed E-state index contributed by atoms with van der Waals surface area (Å²) in [5.41, 5.74) is 2.68. The van der Waals surface area contributed by atoms with Gasteiger partial charge in [0.15, 0.2) is 0 Å². The zero-order chi connectivity index (χ0) is 10.2. The van der Waals surface area contributed by atoms with Gasteiger partial charge < -0.3 is 5.32 Å². The molecule has 0 aliphatic carbocycles. The molecule has 0 bridgehead atoms. The Hall–Kier alpha value is -0.530. The highest BCUT2D eigenvalue weighted by atomic mass is 35.5. The summed E-state index contributed by atoms with van der Waals surface area (Å²) in [4.78, 5) is 0. The van der Waals surface area contributed by atoms with Crippen molar-refractivity contribution in [2.24, 2.45) is 0 Å². The number of hydrogen-bond donors (Lipinski definition) is 1. The monoisotopic (exact) mass is 211 g/mol. The Morgan fingerprint density at radius 3 is 2.86 bits per heavy atom. The normalized spacial score (nSPS) is 10.4. The van der Waals surface area contributed by atoms with Crippen molar-refractivity contribution in [2.75, 3.05) is 12.4 Å². The van der Waals surface area contributed by atoms with Gasteiger partial charge in [-0.25, -0.2) is 0 Å². The van der Waals surface area contributed by atoms with Crippen LogP contribution in [-0.4, -0.2) is 12.4 Å². The lowest BCUT2D eigenvalue weighted by molar-refractivity contribution is 0.643. The van der Waals surface area contributed by atoms with Gasteiger partial charge in [0.1, 0.15) is 0 Å². The molecule has 0 aromatic heterocycles. The summed E-state index contributed by atoms with van der Waals surface area (Å²) < 4.78 is 0. The topological polar surface area (TPSA) is 12.0 Å². The number of nitrogens with one attached hydrogen (secondary N) is 1. The molecule has 0 unspecified atom stereocenters. The summed E-state index contributed by atoms with van der Waals surface area (Å²) in [6.07, 6.45) is 2.26. The van der Waals surface area contributed by atoms with Crippen LogP contribution in [0.2, 0.25) is 0 Å². The lowest BCUT2D eigenvalue weighted by Gasteiger charge is -2.04. The van der Waals surface area contributed by atoms with Crippen LogP contribution in [0.15, 0.2) is 24.3 Å². The maximum Gasteiger partial charge on any atom is 0.0223 e. The molecule has 0 heterocycles. The fourth-order valence-corrected chi connectivity index (χ4v) is 1.59. The summed E-state index contributed by atoms with van der Waals surface area (Å²) in [5, 5.41) is 3.41. The SMILES string of the molecule is Cc1cccc(CNCCCCCl)c1. The van der Waals surface area contributed by atoms with E-state index in [0.717, 1.165) is 31.8 Å². The minimum absolute atomic E-state index is 0.770. The Balaban J connectivity index is 2.18. The van der Waals surface area contributed by atoms with E-state index in [9.17, 15) is 0 Å². The summed E-state index contributed by atoms with van der Waals surface area (Å²) in [6, 6.07) is 8.60. The van der Waals surface area contributed by atoms with Crippen molar-refractivity contribution in [1.82, 2.24) is 5.32 Å². The van der Waals surface area contributed by atoms with Gasteiger partial charge in [0.25, 0.3) is 0 Å². The molecule has 14 heavy (non-hydrogen) atoms. The Morgan fingerprint density at radius 1 is 1.29 bits per heavy atom. The first-order chi connectivity index (χ1) is 6.83. The van der Waals surface area contributed by atoms with Crippen LogP contribution in [0, 0.1) is 6.92 Å². The van der Waals surface area contributed by atoms with Crippen LogP contribution in [-0.2, 0) is 6.54 Å². The number of unbranched alkanes of at least 4 members (excludes halogenated alkanes) is 1. The Labute approximate surface area is 91.5 Å². The fraction of sp³-hybridized carbons (Fsp3) is 0.500. The first-order valence-corrected chi connectivity index (χ1v) is 5.68. The Kier molecular flexibility index (Phi) is 5.65. The van der Waals surface area contributed by atoms with Crippen LogP contribution in [0.5, 0.6) is 0 Å². The van der Waals surface area contributed by atoms with Gasteiger partial charge in [0.2, 0.25) is 0 Å². The summed E-state index contributed by atoms with van der Waals surface area (Å²) in [6.45, 7) is 4.14. The van der Waals surface area contributed by atoms with Gasteiger partial charge in [-0.1, -0.05) is 29.8 Å². The first-order valence-electron chi connectivity index (χ1n) is 5.15. The summed E-state index contributed by atoms with van der Waals surface area (Å²) >= 11 is 5.59. The van der Waals surface area contributed by atoms with Crippen LogP contribution in [0.25, 0.3) is 0 Å². The minimum atomic E-state index is 0.770. The molecule has 0 spiro atoms. The molecule has 2 heteroatoms. The van der Waals surface area contributed by atoms with E-state index in [1.807, 2.05) is 0 Å². The second-order valence-electron chi connectivity index (χ2n) is 3.56. The van der Waals surface area contributed by atoms with E-state index in [4.69, 9.17) is 11.6 Å². The number of rotatable bonds is 6. The van der Waals surface area contributed by atoms with Gasteiger partial charge >= 0.3 is 0 Å². The van der Waals surface area contributed by atoms with Crippen LogP contribution < -0.4 is 5.32 Å². The Bertz CT molecular complexity index is 260. The molecular weight excluding hydrogens is 194 g/mol. The summed E-state index contributed by atoms with van der Waals surface area (Å²) in [7, 11) is 0. The molecule has 0 atom stereocenters. The Morgan fingerprint density at radius 2 is 2.14 bits per heavy atom. The van der Waals surface area contributed by atoms with E-state index in [2.05, 4.69) is 36.5 Å². The van der Waals surface area contributed by atoms with Gasteiger partial charge in [-0.2, -0.15) is 0 Å². The zero-order valence-corrected chi connectivity index (χ0v) is 9.48. The largest absolute Gasteiger partial charge is 0.313 e. The standard InChI is InChI=1S/C12H18ClN/c1-11-5-4-6-12(9-11)10-14-8-3-2-7-13/h4-6,9,14H,2-3,7-8,10H2,1H3. The minimum Gasteiger partial charge on any atom is -0.313 e. The van der Waals surface area contributed by atoms with E-state index in [-0.39, 0.29) is 0 Å². The highest BCUT2D eigenvalue weighted by Gasteiger charge is 1.92. The van der Waals surface area contributed by atoms with E-state index < -0.39 is 0 Å². The van der Waals surface area contributed by atoms with Gasteiger partial charge in [-0.05, 0) is 31.9 Å². The predicted molar refractivity (Wildman–Crippen MR) is 62.8 cm³/mol. The highest BCUT2D eigenvalue weighted by Crippen LogP contribution is 2.03. The average Bonchev–Trinajstić information content (AvgIpc) is 2.18. The number of hydrogen-bond acceptors (Lipinski definition) is 1. The highest BCUT2D eigenvalue weighted by molar-refractivity contribution is 6.17. The van der Waals surface area contributed by atoms with Crippen molar-refractivity contribution < 1.29 is 0 Å². The van der Waals surface area contributed by atoms with Crippen molar-refractivity contribution in [2.45, 2.75) is 26.3 Å². The maximum absolute atomic E-state index is 5.59. The van der Waals surface area contributed by atoms with E-state index in [0.29, 0.717) is 0 Å². The van der Waals surface area contributed by atoms with E-state index in [1.165, 1.54) is 11.1 Å². The molecule has 0 aliphatic heterocycles. The van der Waals surface area contributed by atoms with E-state index in [1.54, 1.807) is 0 Å². The number of alkyl halides is 1. The smallest absolute Gasteiger partial charge is 0.0223 e. The maximum atomic E-state index is 5.59. The molecule has 1 rings (SSSR count). The zero-order valence-electron chi connectivity index (χ0n) is 8.72. The molecule has 0 amide bonds. The van der Waals surface area contributed by atoms with Crippen LogP contribution in [0.1, 0.15) is 24.0 Å². The molecule has 1 nitrogen and oxygen atoms in total. The van der Waals surface area contributed by atoms with Crippen LogP contribution in [0.3, 0.4) is 0 Å². The number of halogens is 1. The predicted octanol–water partition coefficient (Wildman–Crippen LogP) is 3.10. The van der Waals surface area contributed by atoms with Gasteiger partial charge in [-0.15, -0.1) is 11.6 Å². The molecule has 0 fully saturated rings. The molecule has 0 saturated heterocycles. The second kappa shape index (κ2) is 6.86. The molecule has 0 saturated carbocycles. The third-order valence-corrected chi connectivity index (χ3v) is 2.42. The van der Waals surface area contributed by atoms with Crippen molar-refractivity contribution in [3.63, 3.8) is 0 Å². The average molecular weight is 212 g/mol. The van der Waals surface area contributed by atoms with Crippen molar-refractivity contribution >= 4 is 11.6 Å². The summed E-state index contributed by atoms with van der Waals surface area (Å²) in [5.74, 6) is 0.770. The van der Waals surface area contributed by atoms with Crippen LogP contribution >= 0.6 is 11.6 Å². The number of aryl methyl sites for hydroxylation is 1. The lowest BCUT2D eigenvalue weighted by Crippen LogP contribution is -2.14. The molecule has 1 aromatic carbocycles. The van der Waals surface area contributed by atoms with Gasteiger partial charge in [0, 0.05) is 12.4 Å². The van der Waals surface area contributed by atoms with Gasteiger partial charge in [-0.3, -0.25) is 0 Å². The molecule has 1 aromatic rings. The molecular formula is C12H18ClN. The van der Waals surface area contributed by atoms with Crippen molar-refractivity contribution in [1.29, 1.82) is 0 Å². The van der Waals surface area contributed by atoms with E-state index >= 15 is 0 Å². The van der Waals surface area contributed by atoms with Crippen LogP contribution in [0.4, 0.5) is 0 Å². The molecule has 78 valence electrons. The molecule has 0 radical (unpaired) electrons.